The van der Waals surface area contributed by atoms with Crippen molar-refractivity contribution < 1.29 is 13.9 Å². The number of hydrogen-bond donors (Lipinski definition) is 1. The van der Waals surface area contributed by atoms with E-state index < -0.39 is 17.7 Å². The van der Waals surface area contributed by atoms with Gasteiger partial charge in [-0.3, -0.25) is 4.68 Å². The van der Waals surface area contributed by atoms with Gasteiger partial charge >= 0.3 is 0 Å². The second-order valence-corrected chi connectivity index (χ2v) is 5.35. The highest BCUT2D eigenvalue weighted by molar-refractivity contribution is 6.31. The minimum Gasteiger partial charge on any atom is -0.392 e. The summed E-state index contributed by atoms with van der Waals surface area (Å²) in [5.74, 6) is -1.80. The van der Waals surface area contributed by atoms with Crippen LogP contribution in [-0.2, 0) is 19.4 Å². The first-order valence-corrected chi connectivity index (χ1v) is 7.14. The minimum absolute atomic E-state index is 0.224. The van der Waals surface area contributed by atoms with Crippen LogP contribution >= 0.6 is 11.6 Å². The van der Waals surface area contributed by atoms with Gasteiger partial charge in [0.25, 0.3) is 0 Å². The van der Waals surface area contributed by atoms with Gasteiger partial charge in [-0.25, -0.2) is 8.78 Å². The van der Waals surface area contributed by atoms with Crippen molar-refractivity contribution >= 4 is 11.6 Å². The lowest BCUT2D eigenvalue weighted by Gasteiger charge is -2.12. The normalized spacial score (nSPS) is 12.7. The Balaban J connectivity index is 2.11. The van der Waals surface area contributed by atoms with Gasteiger partial charge < -0.3 is 5.11 Å². The van der Waals surface area contributed by atoms with Crippen LogP contribution in [0.1, 0.15) is 23.9 Å². The molecule has 1 atom stereocenters. The Kier molecular flexibility index (Phi) is 4.96. The summed E-state index contributed by atoms with van der Waals surface area (Å²) in [6.07, 6.45) is -0.206. The van der Waals surface area contributed by atoms with Crippen molar-refractivity contribution in [2.75, 3.05) is 0 Å². The van der Waals surface area contributed by atoms with Crippen LogP contribution in [0.15, 0.2) is 18.2 Å². The third kappa shape index (κ3) is 3.60. The van der Waals surface area contributed by atoms with Gasteiger partial charge in [0.2, 0.25) is 0 Å². The molecule has 0 aliphatic heterocycles. The van der Waals surface area contributed by atoms with E-state index in [0.717, 1.165) is 17.8 Å². The van der Waals surface area contributed by atoms with E-state index in [1.165, 1.54) is 6.07 Å². The first kappa shape index (κ1) is 15.9. The molecule has 0 radical (unpaired) electrons. The molecule has 0 bridgehead atoms. The SMILES string of the molecule is CCn1nc(C)c(Cl)c1CC(O)Cc1ccc(F)c(F)c1. The molecule has 1 aromatic heterocycles. The van der Waals surface area contributed by atoms with Crippen molar-refractivity contribution in [2.24, 2.45) is 0 Å². The number of nitrogens with zero attached hydrogens (tertiary/aromatic N) is 2. The van der Waals surface area contributed by atoms with E-state index in [9.17, 15) is 13.9 Å². The Morgan fingerprint density at radius 1 is 1.29 bits per heavy atom. The fraction of sp³-hybridized carbons (Fsp3) is 0.400. The molecule has 114 valence electrons. The van der Waals surface area contributed by atoms with Crippen LogP contribution in [0.3, 0.4) is 0 Å². The molecule has 21 heavy (non-hydrogen) atoms. The van der Waals surface area contributed by atoms with Gasteiger partial charge in [0.15, 0.2) is 11.6 Å². The van der Waals surface area contributed by atoms with Crippen molar-refractivity contribution in [3.63, 3.8) is 0 Å². The largest absolute Gasteiger partial charge is 0.392 e. The highest BCUT2D eigenvalue weighted by atomic mass is 35.5. The molecule has 1 heterocycles. The molecule has 0 spiro atoms. The van der Waals surface area contributed by atoms with E-state index >= 15 is 0 Å². The molecule has 1 aromatic carbocycles. The molecule has 2 rings (SSSR count). The van der Waals surface area contributed by atoms with Gasteiger partial charge in [-0.05, 0) is 38.0 Å². The summed E-state index contributed by atoms with van der Waals surface area (Å²) in [5.41, 5.74) is 2.01. The zero-order valence-corrected chi connectivity index (χ0v) is 12.7. The quantitative estimate of drug-likeness (QED) is 0.919. The van der Waals surface area contributed by atoms with E-state index in [0.29, 0.717) is 29.2 Å². The lowest BCUT2D eigenvalue weighted by molar-refractivity contribution is 0.172. The fourth-order valence-corrected chi connectivity index (χ4v) is 2.51. The topological polar surface area (TPSA) is 38.0 Å². The molecule has 0 aliphatic carbocycles. The van der Waals surface area contributed by atoms with Gasteiger partial charge in [-0.1, -0.05) is 17.7 Å². The highest BCUT2D eigenvalue weighted by Gasteiger charge is 2.17. The van der Waals surface area contributed by atoms with Crippen molar-refractivity contribution in [1.82, 2.24) is 9.78 Å². The van der Waals surface area contributed by atoms with Gasteiger partial charge in [0.05, 0.1) is 22.5 Å². The number of aryl methyl sites for hydroxylation is 2. The van der Waals surface area contributed by atoms with E-state index in [4.69, 9.17) is 11.6 Å². The first-order valence-electron chi connectivity index (χ1n) is 6.76. The zero-order chi connectivity index (χ0) is 15.6. The summed E-state index contributed by atoms with van der Waals surface area (Å²) in [5, 5.41) is 15.0. The van der Waals surface area contributed by atoms with Crippen molar-refractivity contribution in [1.29, 1.82) is 0 Å². The smallest absolute Gasteiger partial charge is 0.159 e. The van der Waals surface area contributed by atoms with E-state index in [1.54, 1.807) is 11.6 Å². The van der Waals surface area contributed by atoms with E-state index in [1.807, 2.05) is 6.92 Å². The minimum atomic E-state index is -0.910. The van der Waals surface area contributed by atoms with Gasteiger partial charge in [0.1, 0.15) is 0 Å². The number of hydrogen-bond acceptors (Lipinski definition) is 2. The molecule has 0 saturated heterocycles. The van der Waals surface area contributed by atoms with Crippen LogP contribution < -0.4 is 0 Å². The standard InChI is InChI=1S/C15H17ClF2N2O/c1-3-20-14(15(16)9(2)19-20)8-11(21)6-10-4-5-12(17)13(18)7-10/h4-5,7,11,21H,3,6,8H2,1-2H3. The predicted octanol–water partition coefficient (Wildman–Crippen LogP) is 3.29. The van der Waals surface area contributed by atoms with E-state index in [2.05, 4.69) is 5.10 Å². The molecule has 1 unspecified atom stereocenters. The van der Waals surface area contributed by atoms with Crippen molar-refractivity contribution in [2.45, 2.75) is 39.3 Å². The molecule has 6 heteroatoms. The summed E-state index contributed by atoms with van der Waals surface area (Å²) in [4.78, 5) is 0. The number of aromatic nitrogens is 2. The Bertz CT molecular complexity index is 643. The van der Waals surface area contributed by atoms with Crippen LogP contribution in [0.5, 0.6) is 0 Å². The Hall–Kier alpha value is -1.46. The molecular formula is C15H17ClF2N2O. The molecule has 0 saturated carbocycles. The molecule has 3 nitrogen and oxygen atoms in total. The van der Waals surface area contributed by atoms with Gasteiger partial charge in [-0.15, -0.1) is 0 Å². The third-order valence-corrected chi connectivity index (χ3v) is 3.83. The van der Waals surface area contributed by atoms with Crippen LogP contribution in [0.2, 0.25) is 5.02 Å². The first-order chi connectivity index (χ1) is 9.92. The molecular weight excluding hydrogens is 298 g/mol. The number of rotatable bonds is 5. The molecule has 0 amide bonds. The fourth-order valence-electron chi connectivity index (χ4n) is 2.30. The van der Waals surface area contributed by atoms with Gasteiger partial charge in [0, 0.05) is 13.0 Å². The average Bonchev–Trinajstić information content (AvgIpc) is 2.70. The second kappa shape index (κ2) is 6.54. The Morgan fingerprint density at radius 2 is 2.00 bits per heavy atom. The summed E-state index contributed by atoms with van der Waals surface area (Å²) in [7, 11) is 0. The number of halogens is 3. The number of aliphatic hydroxyl groups excluding tert-OH is 1. The van der Waals surface area contributed by atoms with Crippen LogP contribution in [0, 0.1) is 18.6 Å². The Labute approximate surface area is 127 Å². The van der Waals surface area contributed by atoms with E-state index in [-0.39, 0.29) is 6.42 Å². The van der Waals surface area contributed by atoms with Crippen molar-refractivity contribution in [3.8, 4) is 0 Å². The van der Waals surface area contributed by atoms with Crippen LogP contribution in [-0.4, -0.2) is 21.0 Å². The monoisotopic (exact) mass is 314 g/mol. The molecule has 0 aliphatic rings. The number of aliphatic hydroxyl groups is 1. The zero-order valence-electron chi connectivity index (χ0n) is 11.9. The maximum Gasteiger partial charge on any atom is 0.159 e. The lowest BCUT2D eigenvalue weighted by atomic mass is 10.0. The second-order valence-electron chi connectivity index (χ2n) is 4.97. The lowest BCUT2D eigenvalue weighted by Crippen LogP contribution is -2.17. The summed E-state index contributed by atoms with van der Waals surface area (Å²) in [6.45, 7) is 4.40. The van der Waals surface area contributed by atoms with Gasteiger partial charge in [-0.2, -0.15) is 5.10 Å². The molecule has 0 fully saturated rings. The van der Waals surface area contributed by atoms with Crippen molar-refractivity contribution in [3.05, 3.63) is 51.8 Å². The summed E-state index contributed by atoms with van der Waals surface area (Å²) in [6, 6.07) is 3.62. The molecule has 1 N–H and O–H groups in total. The number of benzene rings is 1. The molecule has 2 aromatic rings. The summed E-state index contributed by atoms with van der Waals surface area (Å²) >= 11 is 6.18. The average molecular weight is 315 g/mol. The highest BCUT2D eigenvalue weighted by Crippen LogP contribution is 2.22. The maximum absolute atomic E-state index is 13.2. The van der Waals surface area contributed by atoms with Crippen LogP contribution in [0.25, 0.3) is 0 Å². The third-order valence-electron chi connectivity index (χ3n) is 3.34. The summed E-state index contributed by atoms with van der Waals surface area (Å²) < 4.78 is 27.8. The maximum atomic E-state index is 13.2. The predicted molar refractivity (Wildman–Crippen MR) is 77.4 cm³/mol. The van der Waals surface area contributed by atoms with Crippen LogP contribution in [0.4, 0.5) is 8.78 Å². The Morgan fingerprint density at radius 3 is 2.62 bits per heavy atom.